The minimum absolute atomic E-state index is 0.144. The highest BCUT2D eigenvalue weighted by atomic mass is 32.1. The first-order valence-corrected chi connectivity index (χ1v) is 8.29. The number of ether oxygens (including phenoxy) is 2. The molecule has 0 aliphatic carbocycles. The standard InChI is InChI=1S/C19H20N2O4S/c1-12-4-5-13(2)16(10-12)25-11-17(22)21-19(26)20-15-8-6-14(7-9-15)18(23)24-3/h4-10H,11H2,1-3H3,(H2,20,21,22,26). The van der Waals surface area contributed by atoms with Gasteiger partial charge in [0.05, 0.1) is 12.7 Å². The Morgan fingerprint density at radius 2 is 1.77 bits per heavy atom. The fraction of sp³-hybridized carbons (Fsp3) is 0.211. The van der Waals surface area contributed by atoms with Crippen molar-refractivity contribution in [3.8, 4) is 5.75 Å². The maximum Gasteiger partial charge on any atom is 0.337 e. The number of esters is 1. The largest absolute Gasteiger partial charge is 0.483 e. The van der Waals surface area contributed by atoms with E-state index in [1.165, 1.54) is 7.11 Å². The third kappa shape index (κ3) is 5.56. The van der Waals surface area contributed by atoms with Gasteiger partial charge in [-0.2, -0.15) is 0 Å². The number of thiocarbonyl (C=S) groups is 1. The normalized spacial score (nSPS) is 9.96. The molecule has 0 atom stereocenters. The predicted molar refractivity (Wildman–Crippen MR) is 104 cm³/mol. The summed E-state index contributed by atoms with van der Waals surface area (Å²) in [6, 6.07) is 12.3. The number of hydrogen-bond acceptors (Lipinski definition) is 5. The summed E-state index contributed by atoms with van der Waals surface area (Å²) < 4.78 is 10.2. The van der Waals surface area contributed by atoms with Gasteiger partial charge in [-0.25, -0.2) is 4.79 Å². The fourth-order valence-electron chi connectivity index (χ4n) is 2.14. The molecule has 0 spiro atoms. The molecule has 0 fully saturated rings. The van der Waals surface area contributed by atoms with Crippen LogP contribution in [0, 0.1) is 13.8 Å². The second kappa shape index (κ2) is 8.96. The molecule has 26 heavy (non-hydrogen) atoms. The van der Waals surface area contributed by atoms with E-state index < -0.39 is 5.97 Å². The van der Waals surface area contributed by atoms with E-state index in [0.717, 1.165) is 11.1 Å². The lowest BCUT2D eigenvalue weighted by Gasteiger charge is -2.12. The van der Waals surface area contributed by atoms with Crippen LogP contribution in [0.15, 0.2) is 42.5 Å². The summed E-state index contributed by atoms with van der Waals surface area (Å²) in [5.74, 6) is -0.122. The Kier molecular flexibility index (Phi) is 6.68. The Balaban J connectivity index is 1.84. The quantitative estimate of drug-likeness (QED) is 0.621. The second-order valence-corrected chi connectivity index (χ2v) is 6.04. The van der Waals surface area contributed by atoms with Gasteiger partial charge in [0.2, 0.25) is 0 Å². The van der Waals surface area contributed by atoms with Gasteiger partial charge < -0.3 is 14.8 Å². The summed E-state index contributed by atoms with van der Waals surface area (Å²) in [6.45, 7) is 3.72. The number of benzene rings is 2. The molecule has 0 aliphatic heterocycles. The van der Waals surface area contributed by atoms with Crippen molar-refractivity contribution in [2.45, 2.75) is 13.8 Å². The fourth-order valence-corrected chi connectivity index (χ4v) is 2.37. The zero-order valence-corrected chi connectivity index (χ0v) is 15.6. The lowest BCUT2D eigenvalue weighted by Crippen LogP contribution is -2.37. The average Bonchev–Trinajstić information content (AvgIpc) is 2.62. The van der Waals surface area contributed by atoms with Gasteiger partial charge in [0.1, 0.15) is 5.75 Å². The van der Waals surface area contributed by atoms with Gasteiger partial charge >= 0.3 is 5.97 Å². The maximum absolute atomic E-state index is 12.0. The number of methoxy groups -OCH3 is 1. The van der Waals surface area contributed by atoms with Crippen LogP contribution in [0.1, 0.15) is 21.5 Å². The van der Waals surface area contributed by atoms with Crippen LogP contribution < -0.4 is 15.4 Å². The van der Waals surface area contributed by atoms with E-state index in [9.17, 15) is 9.59 Å². The molecular formula is C19H20N2O4S. The summed E-state index contributed by atoms with van der Waals surface area (Å²) in [6.07, 6.45) is 0. The molecule has 0 unspecified atom stereocenters. The third-order valence-electron chi connectivity index (χ3n) is 3.52. The number of nitrogens with one attached hydrogen (secondary N) is 2. The Bertz CT molecular complexity index is 819. The van der Waals surface area contributed by atoms with Crippen molar-refractivity contribution in [1.82, 2.24) is 5.32 Å². The van der Waals surface area contributed by atoms with E-state index in [0.29, 0.717) is 17.0 Å². The summed E-state index contributed by atoms with van der Waals surface area (Å²) in [4.78, 5) is 23.4. The molecule has 0 radical (unpaired) electrons. The van der Waals surface area contributed by atoms with E-state index in [1.807, 2.05) is 32.0 Å². The van der Waals surface area contributed by atoms with E-state index in [1.54, 1.807) is 24.3 Å². The lowest BCUT2D eigenvalue weighted by atomic mass is 10.1. The minimum atomic E-state index is -0.420. The highest BCUT2D eigenvalue weighted by Crippen LogP contribution is 2.18. The van der Waals surface area contributed by atoms with E-state index in [2.05, 4.69) is 15.4 Å². The molecule has 2 aromatic rings. The molecule has 2 N–H and O–H groups in total. The first kappa shape index (κ1) is 19.4. The van der Waals surface area contributed by atoms with Gasteiger partial charge in [0.25, 0.3) is 5.91 Å². The van der Waals surface area contributed by atoms with Gasteiger partial charge in [-0.05, 0) is 67.5 Å². The van der Waals surface area contributed by atoms with Crippen molar-refractivity contribution in [3.63, 3.8) is 0 Å². The van der Waals surface area contributed by atoms with Crippen molar-refractivity contribution >= 4 is 34.9 Å². The molecule has 0 saturated heterocycles. The zero-order chi connectivity index (χ0) is 19.1. The first-order chi connectivity index (χ1) is 12.4. The lowest BCUT2D eigenvalue weighted by molar-refractivity contribution is -0.121. The molecule has 6 nitrogen and oxygen atoms in total. The molecule has 0 bridgehead atoms. The molecule has 0 heterocycles. The van der Waals surface area contributed by atoms with Gasteiger partial charge in [0.15, 0.2) is 11.7 Å². The van der Waals surface area contributed by atoms with Crippen LogP contribution in [0.25, 0.3) is 0 Å². The average molecular weight is 372 g/mol. The summed E-state index contributed by atoms with van der Waals surface area (Å²) in [7, 11) is 1.32. The van der Waals surface area contributed by atoms with E-state index in [4.69, 9.17) is 17.0 Å². The van der Waals surface area contributed by atoms with Crippen LogP contribution >= 0.6 is 12.2 Å². The zero-order valence-electron chi connectivity index (χ0n) is 14.8. The minimum Gasteiger partial charge on any atom is -0.483 e. The van der Waals surface area contributed by atoms with Crippen molar-refractivity contribution in [2.24, 2.45) is 0 Å². The monoisotopic (exact) mass is 372 g/mol. The van der Waals surface area contributed by atoms with Crippen molar-refractivity contribution < 1.29 is 19.1 Å². The van der Waals surface area contributed by atoms with Crippen LogP contribution in [0.2, 0.25) is 0 Å². The molecule has 0 saturated carbocycles. The Hall–Kier alpha value is -2.93. The van der Waals surface area contributed by atoms with Crippen LogP contribution in [0.5, 0.6) is 5.75 Å². The summed E-state index contributed by atoms with van der Waals surface area (Å²) in [5.41, 5.74) is 3.07. The molecule has 2 aromatic carbocycles. The van der Waals surface area contributed by atoms with Crippen LogP contribution in [-0.2, 0) is 9.53 Å². The number of hydrogen-bond donors (Lipinski definition) is 2. The van der Waals surface area contributed by atoms with E-state index >= 15 is 0 Å². The molecular weight excluding hydrogens is 352 g/mol. The van der Waals surface area contributed by atoms with Gasteiger partial charge in [-0.1, -0.05) is 12.1 Å². The first-order valence-electron chi connectivity index (χ1n) is 7.88. The molecule has 0 aromatic heterocycles. The molecule has 2 rings (SSSR count). The molecule has 7 heteroatoms. The molecule has 136 valence electrons. The van der Waals surface area contributed by atoms with Crippen molar-refractivity contribution in [3.05, 3.63) is 59.2 Å². The number of anilines is 1. The number of aryl methyl sites for hydroxylation is 2. The van der Waals surface area contributed by atoms with Gasteiger partial charge in [0, 0.05) is 5.69 Å². The van der Waals surface area contributed by atoms with E-state index in [-0.39, 0.29) is 17.6 Å². The summed E-state index contributed by atoms with van der Waals surface area (Å²) >= 11 is 5.11. The number of rotatable bonds is 5. The Morgan fingerprint density at radius 1 is 1.08 bits per heavy atom. The number of amides is 1. The highest BCUT2D eigenvalue weighted by molar-refractivity contribution is 7.80. The third-order valence-corrected chi connectivity index (χ3v) is 3.72. The van der Waals surface area contributed by atoms with Crippen LogP contribution in [0.4, 0.5) is 5.69 Å². The Morgan fingerprint density at radius 3 is 2.42 bits per heavy atom. The highest BCUT2D eigenvalue weighted by Gasteiger charge is 2.09. The SMILES string of the molecule is COC(=O)c1ccc(NC(=S)NC(=O)COc2cc(C)ccc2C)cc1. The summed E-state index contributed by atoms with van der Waals surface area (Å²) in [5, 5.41) is 5.56. The van der Waals surface area contributed by atoms with Gasteiger partial charge in [-0.3, -0.25) is 10.1 Å². The predicted octanol–water partition coefficient (Wildman–Crippen LogP) is 2.98. The van der Waals surface area contributed by atoms with Crippen molar-refractivity contribution in [1.29, 1.82) is 0 Å². The maximum atomic E-state index is 12.0. The van der Waals surface area contributed by atoms with Crippen molar-refractivity contribution in [2.75, 3.05) is 19.0 Å². The number of carbonyl (C=O) groups is 2. The van der Waals surface area contributed by atoms with Crippen LogP contribution in [0.3, 0.4) is 0 Å². The number of carbonyl (C=O) groups excluding carboxylic acids is 2. The molecule has 1 amide bonds. The smallest absolute Gasteiger partial charge is 0.337 e. The topological polar surface area (TPSA) is 76.7 Å². The van der Waals surface area contributed by atoms with Gasteiger partial charge in [-0.15, -0.1) is 0 Å². The van der Waals surface area contributed by atoms with Crippen LogP contribution in [-0.4, -0.2) is 30.7 Å². The molecule has 0 aliphatic rings. The Labute approximate surface area is 157 Å². The second-order valence-electron chi connectivity index (χ2n) is 5.63.